The SMILES string of the molecule is N#Cc1ccc(S(=O)(=O)Cc2cc(N3CCOCC3)nc(-c3ccccn3)n2)cc1. The number of aromatic nitrogens is 3. The molecule has 2 aromatic heterocycles. The summed E-state index contributed by atoms with van der Waals surface area (Å²) in [5, 5.41) is 8.92. The van der Waals surface area contributed by atoms with Gasteiger partial charge in [0.25, 0.3) is 0 Å². The predicted octanol–water partition coefficient (Wildman–Crippen LogP) is 2.22. The minimum Gasteiger partial charge on any atom is -0.378 e. The fourth-order valence-corrected chi connectivity index (χ4v) is 4.39. The highest BCUT2D eigenvalue weighted by Crippen LogP contribution is 2.23. The number of pyridine rings is 1. The van der Waals surface area contributed by atoms with Gasteiger partial charge in [-0.3, -0.25) is 4.98 Å². The second-order valence-electron chi connectivity index (χ2n) is 6.75. The van der Waals surface area contributed by atoms with Crippen molar-refractivity contribution in [1.82, 2.24) is 15.0 Å². The molecule has 152 valence electrons. The van der Waals surface area contributed by atoms with Crippen LogP contribution in [0.5, 0.6) is 0 Å². The molecule has 0 unspecified atom stereocenters. The number of nitrogens with zero attached hydrogens (tertiary/aromatic N) is 5. The molecule has 3 aromatic rings. The fraction of sp³-hybridized carbons (Fsp3) is 0.238. The maximum Gasteiger partial charge on any atom is 0.184 e. The fourth-order valence-electron chi connectivity index (χ4n) is 3.14. The van der Waals surface area contributed by atoms with Crippen LogP contribution in [0.25, 0.3) is 11.5 Å². The molecule has 0 aliphatic carbocycles. The summed E-state index contributed by atoms with van der Waals surface area (Å²) in [5.74, 6) is 0.752. The summed E-state index contributed by atoms with van der Waals surface area (Å²) in [4.78, 5) is 15.6. The molecule has 0 saturated carbocycles. The van der Waals surface area contributed by atoms with E-state index in [0.717, 1.165) is 0 Å². The van der Waals surface area contributed by atoms with Crippen LogP contribution in [0.3, 0.4) is 0 Å². The lowest BCUT2D eigenvalue weighted by Gasteiger charge is -2.28. The summed E-state index contributed by atoms with van der Waals surface area (Å²) in [6.07, 6.45) is 1.65. The molecule has 4 rings (SSSR count). The highest BCUT2D eigenvalue weighted by Gasteiger charge is 2.21. The average molecular weight is 421 g/mol. The Kier molecular flexibility index (Phi) is 5.70. The van der Waals surface area contributed by atoms with Gasteiger partial charge in [0.2, 0.25) is 0 Å². The van der Waals surface area contributed by atoms with E-state index >= 15 is 0 Å². The standard InChI is InChI=1S/C21H19N5O3S/c22-14-16-4-6-18(7-5-16)30(27,28)15-17-13-20(26-9-11-29-12-10-26)25-21(24-17)19-3-1-2-8-23-19/h1-8,13H,9-12,15H2. The zero-order valence-electron chi connectivity index (χ0n) is 16.1. The molecule has 9 heteroatoms. The van der Waals surface area contributed by atoms with Crippen molar-refractivity contribution in [2.45, 2.75) is 10.6 Å². The van der Waals surface area contributed by atoms with Gasteiger partial charge in [0.05, 0.1) is 41.2 Å². The smallest absolute Gasteiger partial charge is 0.184 e. The quantitative estimate of drug-likeness (QED) is 0.617. The Bertz CT molecular complexity index is 1170. The third-order valence-electron chi connectivity index (χ3n) is 4.68. The number of ether oxygens (including phenoxy) is 1. The van der Waals surface area contributed by atoms with E-state index in [-0.39, 0.29) is 10.6 Å². The maximum absolute atomic E-state index is 12.9. The van der Waals surface area contributed by atoms with Crippen LogP contribution in [0.1, 0.15) is 11.3 Å². The summed E-state index contributed by atoms with van der Waals surface area (Å²) in [6, 6.07) is 15.0. The van der Waals surface area contributed by atoms with Gasteiger partial charge in [0, 0.05) is 25.4 Å². The number of rotatable bonds is 5. The van der Waals surface area contributed by atoms with Gasteiger partial charge in [-0.2, -0.15) is 5.26 Å². The lowest BCUT2D eigenvalue weighted by atomic mass is 10.2. The second-order valence-corrected chi connectivity index (χ2v) is 8.74. The number of anilines is 1. The molecular formula is C21H19N5O3S. The number of nitriles is 1. The molecule has 0 radical (unpaired) electrons. The van der Waals surface area contributed by atoms with Crippen LogP contribution in [0.2, 0.25) is 0 Å². The third-order valence-corrected chi connectivity index (χ3v) is 6.34. The van der Waals surface area contributed by atoms with Crippen molar-refractivity contribution in [3.8, 4) is 17.6 Å². The van der Waals surface area contributed by atoms with Crippen molar-refractivity contribution in [2.75, 3.05) is 31.2 Å². The Morgan fingerprint density at radius 3 is 2.50 bits per heavy atom. The van der Waals surface area contributed by atoms with Crippen molar-refractivity contribution in [3.05, 3.63) is 66.0 Å². The molecule has 1 saturated heterocycles. The Morgan fingerprint density at radius 2 is 1.83 bits per heavy atom. The van der Waals surface area contributed by atoms with Crippen molar-refractivity contribution in [3.63, 3.8) is 0 Å². The van der Waals surface area contributed by atoms with Gasteiger partial charge >= 0.3 is 0 Å². The first-order valence-electron chi connectivity index (χ1n) is 9.40. The van der Waals surface area contributed by atoms with Gasteiger partial charge in [-0.1, -0.05) is 6.07 Å². The second kappa shape index (κ2) is 8.57. The molecule has 8 nitrogen and oxygen atoms in total. The predicted molar refractivity (Wildman–Crippen MR) is 110 cm³/mol. The van der Waals surface area contributed by atoms with Crippen molar-refractivity contribution >= 4 is 15.7 Å². The summed E-state index contributed by atoms with van der Waals surface area (Å²) in [5.41, 5.74) is 1.36. The van der Waals surface area contributed by atoms with Gasteiger partial charge in [-0.05, 0) is 36.4 Å². The zero-order chi connectivity index (χ0) is 21.0. The molecule has 0 bridgehead atoms. The van der Waals surface area contributed by atoms with Crippen LogP contribution >= 0.6 is 0 Å². The van der Waals surface area contributed by atoms with Crippen LogP contribution in [-0.4, -0.2) is 49.7 Å². The highest BCUT2D eigenvalue weighted by molar-refractivity contribution is 7.90. The summed E-state index contributed by atoms with van der Waals surface area (Å²) >= 11 is 0. The minimum absolute atomic E-state index is 0.146. The molecule has 1 aromatic carbocycles. The first kappa shape index (κ1) is 19.9. The lowest BCUT2D eigenvalue weighted by molar-refractivity contribution is 0.122. The van der Waals surface area contributed by atoms with Crippen LogP contribution in [0.15, 0.2) is 59.6 Å². The Morgan fingerprint density at radius 1 is 1.07 bits per heavy atom. The van der Waals surface area contributed by atoms with Crippen LogP contribution < -0.4 is 4.90 Å². The highest BCUT2D eigenvalue weighted by atomic mass is 32.2. The zero-order valence-corrected chi connectivity index (χ0v) is 16.9. The molecule has 30 heavy (non-hydrogen) atoms. The average Bonchev–Trinajstić information content (AvgIpc) is 2.80. The monoisotopic (exact) mass is 421 g/mol. The number of morpholine rings is 1. The molecule has 0 atom stereocenters. The molecular weight excluding hydrogens is 402 g/mol. The van der Waals surface area contributed by atoms with E-state index in [1.54, 1.807) is 24.4 Å². The normalized spacial score (nSPS) is 14.3. The van der Waals surface area contributed by atoms with Crippen LogP contribution in [0.4, 0.5) is 5.82 Å². The van der Waals surface area contributed by atoms with E-state index in [4.69, 9.17) is 10.00 Å². The van der Waals surface area contributed by atoms with Crippen LogP contribution in [-0.2, 0) is 20.3 Å². The first-order chi connectivity index (χ1) is 14.5. The lowest BCUT2D eigenvalue weighted by Crippen LogP contribution is -2.37. The summed E-state index contributed by atoms with van der Waals surface area (Å²) in [6.45, 7) is 2.50. The van der Waals surface area contributed by atoms with Gasteiger partial charge in [-0.15, -0.1) is 0 Å². The van der Waals surface area contributed by atoms with E-state index in [9.17, 15) is 8.42 Å². The number of sulfone groups is 1. The molecule has 0 N–H and O–H groups in total. The van der Waals surface area contributed by atoms with E-state index in [2.05, 4.69) is 19.9 Å². The van der Waals surface area contributed by atoms with Gasteiger partial charge in [-0.25, -0.2) is 18.4 Å². The van der Waals surface area contributed by atoms with Gasteiger partial charge in [0.1, 0.15) is 11.5 Å². The molecule has 3 heterocycles. The van der Waals surface area contributed by atoms with Crippen molar-refractivity contribution in [1.29, 1.82) is 5.26 Å². The Balaban J connectivity index is 1.71. The topological polar surface area (TPSA) is 109 Å². The first-order valence-corrected chi connectivity index (χ1v) is 11.1. The summed E-state index contributed by atoms with van der Waals surface area (Å²) < 4.78 is 31.3. The number of benzene rings is 1. The largest absolute Gasteiger partial charge is 0.378 e. The number of hydrogen-bond donors (Lipinski definition) is 0. The Hall–Kier alpha value is -3.35. The molecule has 1 aliphatic rings. The Labute approximate surface area is 174 Å². The molecule has 1 aliphatic heterocycles. The molecule has 0 amide bonds. The molecule has 0 spiro atoms. The van der Waals surface area contributed by atoms with E-state index in [1.165, 1.54) is 24.3 Å². The molecule has 1 fully saturated rings. The van der Waals surface area contributed by atoms with Gasteiger partial charge < -0.3 is 9.64 Å². The summed E-state index contributed by atoms with van der Waals surface area (Å²) in [7, 11) is -3.65. The van der Waals surface area contributed by atoms with Crippen molar-refractivity contribution in [2.24, 2.45) is 0 Å². The van der Waals surface area contributed by atoms with E-state index < -0.39 is 9.84 Å². The van der Waals surface area contributed by atoms with Crippen molar-refractivity contribution < 1.29 is 13.2 Å². The maximum atomic E-state index is 12.9. The third kappa shape index (κ3) is 4.45. The van der Waals surface area contributed by atoms with Gasteiger partial charge in [0.15, 0.2) is 15.7 Å². The number of hydrogen-bond acceptors (Lipinski definition) is 8. The van der Waals surface area contributed by atoms with E-state index in [0.29, 0.717) is 54.9 Å². The van der Waals surface area contributed by atoms with Crippen LogP contribution in [0, 0.1) is 11.3 Å². The minimum atomic E-state index is -3.65. The van der Waals surface area contributed by atoms with E-state index in [1.807, 2.05) is 12.1 Å².